The molecule has 0 saturated heterocycles. The molecule has 0 aliphatic heterocycles. The zero-order valence-corrected chi connectivity index (χ0v) is 13.2. The van der Waals surface area contributed by atoms with Crippen LogP contribution in [-0.2, 0) is 10.8 Å². The van der Waals surface area contributed by atoms with E-state index in [1.54, 1.807) is 0 Å². The number of aryl methyl sites for hydroxylation is 2. The summed E-state index contributed by atoms with van der Waals surface area (Å²) in [5.41, 5.74) is 2.34. The molecule has 0 bridgehead atoms. The van der Waals surface area contributed by atoms with E-state index in [2.05, 4.69) is 44.3 Å². The maximum Gasteiger partial charge on any atom is 0.0579 e. The molecule has 0 aromatic heterocycles. The Hall–Kier alpha value is -0.670. The van der Waals surface area contributed by atoms with E-state index in [0.717, 1.165) is 23.3 Å². The van der Waals surface area contributed by atoms with Crippen LogP contribution in [0.15, 0.2) is 23.1 Å². The van der Waals surface area contributed by atoms with Crippen molar-refractivity contribution in [3.05, 3.63) is 29.3 Å². The standard InChI is InChI=1S/C16H25NOS/c1-11-5-7-13(3)15(9-11)19(18)16-10-12(2)6-8-14(16)17-4/h5,7,9,12,14,16-17H,6,8,10H2,1-4H3. The Morgan fingerprint density at radius 2 is 2.00 bits per heavy atom. The molecule has 0 spiro atoms. The first-order chi connectivity index (χ1) is 9.02. The Bertz CT molecular complexity index is 472. The molecule has 1 aromatic rings. The third kappa shape index (κ3) is 3.26. The third-order valence-electron chi connectivity index (χ3n) is 4.26. The van der Waals surface area contributed by atoms with E-state index in [0.29, 0.717) is 12.0 Å². The molecule has 1 aliphatic rings. The number of nitrogens with one attached hydrogen (secondary N) is 1. The van der Waals surface area contributed by atoms with E-state index in [1.807, 2.05) is 7.05 Å². The first-order valence-electron chi connectivity index (χ1n) is 7.18. The van der Waals surface area contributed by atoms with Gasteiger partial charge in [-0.1, -0.05) is 19.1 Å². The highest BCUT2D eigenvalue weighted by molar-refractivity contribution is 7.85. The average molecular weight is 279 g/mol. The van der Waals surface area contributed by atoms with Crippen LogP contribution < -0.4 is 5.32 Å². The van der Waals surface area contributed by atoms with Crippen molar-refractivity contribution in [1.29, 1.82) is 0 Å². The summed E-state index contributed by atoms with van der Waals surface area (Å²) in [5, 5.41) is 3.61. The fourth-order valence-electron chi connectivity index (χ4n) is 2.98. The zero-order valence-electron chi connectivity index (χ0n) is 12.4. The third-order valence-corrected chi connectivity index (χ3v) is 6.20. The quantitative estimate of drug-likeness (QED) is 0.920. The van der Waals surface area contributed by atoms with E-state index >= 15 is 0 Å². The van der Waals surface area contributed by atoms with Gasteiger partial charge in [0, 0.05) is 10.9 Å². The van der Waals surface area contributed by atoms with E-state index in [1.165, 1.54) is 12.0 Å². The molecule has 2 nitrogen and oxygen atoms in total. The summed E-state index contributed by atoms with van der Waals surface area (Å²) < 4.78 is 13.0. The highest BCUT2D eigenvalue weighted by Crippen LogP contribution is 2.31. The molecule has 0 heterocycles. The van der Waals surface area contributed by atoms with E-state index in [4.69, 9.17) is 0 Å². The van der Waals surface area contributed by atoms with Crippen molar-refractivity contribution < 1.29 is 4.21 Å². The van der Waals surface area contributed by atoms with Gasteiger partial charge in [-0.2, -0.15) is 0 Å². The predicted molar refractivity (Wildman–Crippen MR) is 82.0 cm³/mol. The molecular weight excluding hydrogens is 254 g/mol. The van der Waals surface area contributed by atoms with Crippen LogP contribution in [0.2, 0.25) is 0 Å². The van der Waals surface area contributed by atoms with Crippen molar-refractivity contribution >= 4 is 10.8 Å². The fraction of sp³-hybridized carbons (Fsp3) is 0.625. The summed E-state index contributed by atoms with van der Waals surface area (Å²) >= 11 is 0. The van der Waals surface area contributed by atoms with Crippen LogP contribution in [0.1, 0.15) is 37.3 Å². The van der Waals surface area contributed by atoms with Crippen LogP contribution in [0.5, 0.6) is 0 Å². The summed E-state index contributed by atoms with van der Waals surface area (Å²) in [5.74, 6) is 0.684. The van der Waals surface area contributed by atoms with Gasteiger partial charge in [0.15, 0.2) is 0 Å². The van der Waals surface area contributed by atoms with Crippen LogP contribution in [0, 0.1) is 19.8 Å². The van der Waals surface area contributed by atoms with Gasteiger partial charge in [-0.25, -0.2) is 0 Å². The van der Waals surface area contributed by atoms with E-state index in [-0.39, 0.29) is 5.25 Å². The lowest BCUT2D eigenvalue weighted by molar-refractivity contribution is 0.325. The van der Waals surface area contributed by atoms with E-state index in [9.17, 15) is 4.21 Å². The van der Waals surface area contributed by atoms with Gasteiger partial charge in [0.1, 0.15) is 0 Å². The molecule has 1 N–H and O–H groups in total. The van der Waals surface area contributed by atoms with Crippen molar-refractivity contribution in [2.45, 2.75) is 56.2 Å². The normalized spacial score (nSPS) is 29.2. The van der Waals surface area contributed by atoms with Crippen molar-refractivity contribution in [3.8, 4) is 0 Å². The molecule has 4 atom stereocenters. The fourth-order valence-corrected chi connectivity index (χ4v) is 5.07. The number of hydrogen-bond donors (Lipinski definition) is 1. The summed E-state index contributed by atoms with van der Waals surface area (Å²) in [6, 6.07) is 6.66. The molecule has 106 valence electrons. The lowest BCUT2D eigenvalue weighted by atomic mass is 9.87. The second-order valence-electron chi connectivity index (χ2n) is 5.92. The maximum atomic E-state index is 13.0. The van der Waals surface area contributed by atoms with Gasteiger partial charge in [0.2, 0.25) is 0 Å². The second-order valence-corrected chi connectivity index (χ2v) is 7.56. The largest absolute Gasteiger partial charge is 0.316 e. The van der Waals surface area contributed by atoms with Crippen molar-refractivity contribution in [3.63, 3.8) is 0 Å². The SMILES string of the molecule is CNC1CCC(C)CC1S(=O)c1cc(C)ccc1C. The van der Waals surface area contributed by atoms with Crippen LogP contribution in [0.3, 0.4) is 0 Å². The Labute approximate surface area is 119 Å². The van der Waals surface area contributed by atoms with Crippen molar-refractivity contribution in [2.75, 3.05) is 7.05 Å². The Morgan fingerprint density at radius 1 is 1.26 bits per heavy atom. The zero-order chi connectivity index (χ0) is 14.0. The van der Waals surface area contributed by atoms with Crippen LogP contribution in [-0.4, -0.2) is 22.5 Å². The molecule has 0 radical (unpaired) electrons. The monoisotopic (exact) mass is 279 g/mol. The second kappa shape index (κ2) is 6.19. The highest BCUT2D eigenvalue weighted by atomic mass is 32.2. The minimum Gasteiger partial charge on any atom is -0.316 e. The van der Waals surface area contributed by atoms with Crippen LogP contribution in [0.4, 0.5) is 0 Å². The summed E-state index contributed by atoms with van der Waals surface area (Å²) in [4.78, 5) is 1.03. The first-order valence-corrected chi connectivity index (χ1v) is 8.39. The van der Waals surface area contributed by atoms with Crippen LogP contribution >= 0.6 is 0 Å². The van der Waals surface area contributed by atoms with Gasteiger partial charge in [-0.15, -0.1) is 0 Å². The van der Waals surface area contributed by atoms with Gasteiger partial charge in [-0.3, -0.25) is 4.21 Å². The Balaban J connectivity index is 2.28. The Morgan fingerprint density at radius 3 is 2.68 bits per heavy atom. The van der Waals surface area contributed by atoms with Gasteiger partial charge < -0.3 is 5.32 Å². The molecule has 1 aromatic carbocycles. The molecule has 2 rings (SSSR count). The summed E-state index contributed by atoms with van der Waals surface area (Å²) in [6.07, 6.45) is 3.44. The summed E-state index contributed by atoms with van der Waals surface area (Å²) in [7, 11) is 1.09. The maximum absolute atomic E-state index is 13.0. The predicted octanol–water partition coefficient (Wildman–Crippen LogP) is 3.19. The van der Waals surface area contributed by atoms with Gasteiger partial charge in [-0.05, 0) is 63.3 Å². The first kappa shape index (κ1) is 14.7. The lowest BCUT2D eigenvalue weighted by Crippen LogP contribution is -2.44. The molecule has 4 unspecified atom stereocenters. The molecule has 3 heteroatoms. The average Bonchev–Trinajstić information content (AvgIpc) is 2.40. The van der Waals surface area contributed by atoms with E-state index < -0.39 is 10.8 Å². The number of rotatable bonds is 3. The minimum absolute atomic E-state index is 0.245. The molecule has 0 amide bonds. The van der Waals surface area contributed by atoms with Gasteiger partial charge in [0.05, 0.1) is 16.0 Å². The van der Waals surface area contributed by atoms with Gasteiger partial charge in [0.25, 0.3) is 0 Å². The topological polar surface area (TPSA) is 29.1 Å². The Kier molecular flexibility index (Phi) is 4.80. The summed E-state index contributed by atoms with van der Waals surface area (Å²) in [6.45, 7) is 6.41. The van der Waals surface area contributed by atoms with Crippen molar-refractivity contribution in [2.24, 2.45) is 5.92 Å². The highest BCUT2D eigenvalue weighted by Gasteiger charge is 2.33. The number of benzene rings is 1. The lowest BCUT2D eigenvalue weighted by Gasteiger charge is -2.34. The molecule has 1 saturated carbocycles. The minimum atomic E-state index is -0.905. The van der Waals surface area contributed by atoms with Crippen LogP contribution in [0.25, 0.3) is 0 Å². The molecule has 19 heavy (non-hydrogen) atoms. The van der Waals surface area contributed by atoms with Crippen molar-refractivity contribution in [1.82, 2.24) is 5.32 Å². The van der Waals surface area contributed by atoms with Gasteiger partial charge >= 0.3 is 0 Å². The number of hydrogen-bond acceptors (Lipinski definition) is 2. The molecule has 1 aliphatic carbocycles. The molecule has 1 fully saturated rings. The molecular formula is C16H25NOS. The smallest absolute Gasteiger partial charge is 0.0579 e.